The van der Waals surface area contributed by atoms with E-state index in [-0.39, 0.29) is 47.7 Å². The lowest BCUT2D eigenvalue weighted by atomic mass is 10.2. The Morgan fingerprint density at radius 2 is 2.00 bits per heavy atom. The highest BCUT2D eigenvalue weighted by molar-refractivity contribution is 7.92. The van der Waals surface area contributed by atoms with Crippen molar-refractivity contribution in [1.82, 2.24) is 4.90 Å². The predicted molar refractivity (Wildman–Crippen MR) is 97.8 cm³/mol. The Kier molecular flexibility index (Phi) is 5.93. The number of hydrogen-bond acceptors (Lipinski definition) is 6. The van der Waals surface area contributed by atoms with Gasteiger partial charge in [-0.15, -0.1) is 0 Å². The molecule has 0 aliphatic carbocycles. The van der Waals surface area contributed by atoms with Gasteiger partial charge in [0.2, 0.25) is 15.9 Å². The second-order valence-corrected chi connectivity index (χ2v) is 10.4. The van der Waals surface area contributed by atoms with Gasteiger partial charge in [-0.2, -0.15) is 5.26 Å². The molecule has 1 aliphatic heterocycles. The number of rotatable bonds is 6. The molecule has 1 aromatic rings. The molecule has 1 fully saturated rings. The lowest BCUT2D eigenvalue weighted by molar-refractivity contribution is -0.131. The Balaban J connectivity index is 2.13. The summed E-state index contributed by atoms with van der Waals surface area (Å²) in [5, 5.41) is 9.19. The highest BCUT2D eigenvalue weighted by Crippen LogP contribution is 2.23. The van der Waals surface area contributed by atoms with E-state index < -0.39 is 19.9 Å². The summed E-state index contributed by atoms with van der Waals surface area (Å²) in [7, 11) is -5.28. The number of anilines is 1. The van der Waals surface area contributed by atoms with Crippen molar-refractivity contribution in [2.24, 2.45) is 0 Å². The van der Waals surface area contributed by atoms with Gasteiger partial charge in [-0.25, -0.2) is 16.8 Å². The minimum absolute atomic E-state index is 0.0558. The third kappa shape index (κ3) is 4.74. The number of para-hydroxylation sites is 1. The van der Waals surface area contributed by atoms with Crippen molar-refractivity contribution in [2.45, 2.75) is 18.9 Å². The molecular weight excluding hydrogens is 378 g/mol. The smallest absolute Gasteiger partial charge is 0.232 e. The standard InChI is InChI=1S/C16H21N3O5S2/c1-18(14-8-10-26(23,24)12-14)16(20)7-9-19(25(2,21)22)15-6-4-3-5-13(15)11-17/h3-6,14H,7-10,12H2,1-2H3. The van der Waals surface area contributed by atoms with E-state index >= 15 is 0 Å². The summed E-state index contributed by atoms with van der Waals surface area (Å²) >= 11 is 0. The van der Waals surface area contributed by atoms with Crippen LogP contribution in [-0.4, -0.2) is 65.0 Å². The Morgan fingerprint density at radius 1 is 1.35 bits per heavy atom. The molecule has 0 N–H and O–H groups in total. The number of benzene rings is 1. The summed E-state index contributed by atoms with van der Waals surface area (Å²) in [5.41, 5.74) is 0.414. The normalized spacial score (nSPS) is 18.9. The summed E-state index contributed by atoms with van der Waals surface area (Å²) in [6.45, 7) is -0.125. The average molecular weight is 399 g/mol. The van der Waals surface area contributed by atoms with Gasteiger partial charge in [-0.3, -0.25) is 9.10 Å². The van der Waals surface area contributed by atoms with Gasteiger partial charge < -0.3 is 4.90 Å². The number of hydrogen-bond donors (Lipinski definition) is 0. The van der Waals surface area contributed by atoms with Crippen LogP contribution >= 0.6 is 0 Å². The van der Waals surface area contributed by atoms with Crippen molar-refractivity contribution < 1.29 is 21.6 Å². The molecule has 10 heteroatoms. The number of nitriles is 1. The Hall–Kier alpha value is -2.12. The van der Waals surface area contributed by atoms with Crippen molar-refractivity contribution in [2.75, 3.05) is 35.7 Å². The van der Waals surface area contributed by atoms with Crippen molar-refractivity contribution >= 4 is 31.5 Å². The van der Waals surface area contributed by atoms with E-state index in [2.05, 4.69) is 0 Å². The molecule has 0 aromatic heterocycles. The second-order valence-electron chi connectivity index (χ2n) is 6.28. The summed E-state index contributed by atoms with van der Waals surface area (Å²) in [6, 6.07) is 7.82. The van der Waals surface area contributed by atoms with Gasteiger partial charge in [0.05, 0.1) is 29.0 Å². The van der Waals surface area contributed by atoms with E-state index in [1.807, 2.05) is 6.07 Å². The van der Waals surface area contributed by atoms with Crippen LogP contribution in [0.1, 0.15) is 18.4 Å². The predicted octanol–water partition coefficient (Wildman–Crippen LogP) is 0.360. The monoisotopic (exact) mass is 399 g/mol. The first-order valence-corrected chi connectivity index (χ1v) is 11.6. The topological polar surface area (TPSA) is 116 Å². The summed E-state index contributed by atoms with van der Waals surface area (Å²) in [5.74, 6) is -0.349. The van der Waals surface area contributed by atoms with E-state index in [1.165, 1.54) is 24.1 Å². The Morgan fingerprint density at radius 3 is 2.54 bits per heavy atom. The minimum Gasteiger partial charge on any atom is -0.342 e. The number of sulfone groups is 1. The maximum atomic E-state index is 12.4. The molecule has 1 unspecified atom stereocenters. The van der Waals surface area contributed by atoms with Crippen LogP contribution in [-0.2, 0) is 24.7 Å². The fraction of sp³-hybridized carbons (Fsp3) is 0.500. The zero-order chi connectivity index (χ0) is 19.5. The molecule has 0 radical (unpaired) electrons. The van der Waals surface area contributed by atoms with E-state index in [0.717, 1.165) is 10.6 Å². The van der Waals surface area contributed by atoms with Crippen molar-refractivity contribution in [3.05, 3.63) is 29.8 Å². The minimum atomic E-state index is -3.69. The zero-order valence-electron chi connectivity index (χ0n) is 14.6. The highest BCUT2D eigenvalue weighted by Gasteiger charge is 2.33. The Labute approximate surface area is 154 Å². The average Bonchev–Trinajstić information content (AvgIpc) is 2.93. The maximum absolute atomic E-state index is 12.4. The molecule has 2 rings (SSSR count). The van der Waals surface area contributed by atoms with Gasteiger partial charge in [0.15, 0.2) is 9.84 Å². The van der Waals surface area contributed by atoms with Gasteiger partial charge in [0, 0.05) is 26.1 Å². The van der Waals surface area contributed by atoms with Crippen LogP contribution in [0.2, 0.25) is 0 Å². The van der Waals surface area contributed by atoms with Crippen LogP contribution in [0.15, 0.2) is 24.3 Å². The van der Waals surface area contributed by atoms with Crippen LogP contribution < -0.4 is 4.31 Å². The molecule has 1 amide bonds. The first-order chi connectivity index (χ1) is 12.0. The summed E-state index contributed by atoms with van der Waals surface area (Å²) in [6.07, 6.45) is 1.29. The van der Waals surface area contributed by atoms with Crippen LogP contribution in [0.3, 0.4) is 0 Å². The first kappa shape index (κ1) is 20.2. The number of carbonyl (C=O) groups is 1. The molecule has 0 bridgehead atoms. The number of sulfonamides is 1. The fourth-order valence-electron chi connectivity index (χ4n) is 2.91. The van der Waals surface area contributed by atoms with Crippen molar-refractivity contribution in [3.8, 4) is 6.07 Å². The van der Waals surface area contributed by atoms with E-state index in [9.17, 15) is 26.9 Å². The third-order valence-electron chi connectivity index (χ3n) is 4.37. The Bertz CT molecular complexity index is 935. The van der Waals surface area contributed by atoms with Crippen LogP contribution in [0.5, 0.6) is 0 Å². The lowest BCUT2D eigenvalue weighted by Crippen LogP contribution is -2.40. The number of amides is 1. The molecule has 1 heterocycles. The summed E-state index contributed by atoms with van der Waals surface area (Å²) < 4.78 is 48.4. The van der Waals surface area contributed by atoms with Crippen LogP contribution in [0.4, 0.5) is 5.69 Å². The second kappa shape index (κ2) is 7.63. The SMILES string of the molecule is CN(C(=O)CCN(c1ccccc1C#N)S(C)(=O)=O)C1CCS(=O)(=O)C1. The quantitative estimate of drug-likeness (QED) is 0.682. The van der Waals surface area contributed by atoms with Gasteiger partial charge in [-0.05, 0) is 18.6 Å². The zero-order valence-corrected chi connectivity index (χ0v) is 16.3. The summed E-state index contributed by atoms with van der Waals surface area (Å²) in [4.78, 5) is 13.8. The third-order valence-corrected chi connectivity index (χ3v) is 7.30. The van der Waals surface area contributed by atoms with Gasteiger partial charge >= 0.3 is 0 Å². The number of nitrogens with zero attached hydrogens (tertiary/aromatic N) is 3. The molecule has 1 atom stereocenters. The molecule has 8 nitrogen and oxygen atoms in total. The van der Waals surface area contributed by atoms with Gasteiger partial charge in [0.25, 0.3) is 0 Å². The van der Waals surface area contributed by atoms with Crippen LogP contribution in [0.25, 0.3) is 0 Å². The molecule has 0 spiro atoms. The van der Waals surface area contributed by atoms with Crippen molar-refractivity contribution in [3.63, 3.8) is 0 Å². The first-order valence-electron chi connectivity index (χ1n) is 7.98. The molecule has 1 saturated heterocycles. The van der Waals surface area contributed by atoms with Crippen LogP contribution in [0, 0.1) is 11.3 Å². The lowest BCUT2D eigenvalue weighted by Gasteiger charge is -2.26. The molecular formula is C16H21N3O5S2. The fourth-order valence-corrected chi connectivity index (χ4v) is 5.62. The molecule has 1 aliphatic rings. The van der Waals surface area contributed by atoms with E-state index in [1.54, 1.807) is 12.1 Å². The van der Waals surface area contributed by atoms with Crippen molar-refractivity contribution in [1.29, 1.82) is 5.26 Å². The highest BCUT2D eigenvalue weighted by atomic mass is 32.2. The molecule has 0 saturated carbocycles. The molecule has 142 valence electrons. The van der Waals surface area contributed by atoms with E-state index in [0.29, 0.717) is 6.42 Å². The van der Waals surface area contributed by atoms with E-state index in [4.69, 9.17) is 0 Å². The largest absolute Gasteiger partial charge is 0.342 e. The molecule has 1 aromatic carbocycles. The number of carbonyl (C=O) groups excluding carboxylic acids is 1. The van der Waals surface area contributed by atoms with Gasteiger partial charge in [0.1, 0.15) is 6.07 Å². The molecule has 26 heavy (non-hydrogen) atoms. The van der Waals surface area contributed by atoms with Gasteiger partial charge in [-0.1, -0.05) is 12.1 Å². The maximum Gasteiger partial charge on any atom is 0.232 e.